The van der Waals surface area contributed by atoms with Gasteiger partial charge in [-0.05, 0) is 25.2 Å². The molecule has 0 amide bonds. The maximum atomic E-state index is 4.51. The van der Waals surface area contributed by atoms with Gasteiger partial charge in [0.25, 0.3) is 0 Å². The summed E-state index contributed by atoms with van der Waals surface area (Å²) in [4.78, 5) is 6.01. The van der Waals surface area contributed by atoms with Crippen LogP contribution in [-0.2, 0) is 12.8 Å². The lowest BCUT2D eigenvalue weighted by Gasteiger charge is -2.15. The quantitative estimate of drug-likeness (QED) is 0.721. The molecule has 2 nitrogen and oxygen atoms in total. The number of nitrogens with one attached hydrogen (secondary N) is 1. The molecule has 0 fully saturated rings. The van der Waals surface area contributed by atoms with Gasteiger partial charge in [0.2, 0.25) is 0 Å². The number of hydrogen-bond acceptors (Lipinski definition) is 3. The fraction of sp³-hybridized carbons (Fsp3) is 0.667. The van der Waals surface area contributed by atoms with Crippen molar-refractivity contribution in [1.82, 2.24) is 4.98 Å². The molecule has 66 valence electrons. The molecule has 0 saturated heterocycles. The second kappa shape index (κ2) is 3.05. The zero-order chi connectivity index (χ0) is 8.55. The van der Waals surface area contributed by atoms with Crippen molar-refractivity contribution in [2.75, 3.05) is 12.4 Å². The fourth-order valence-corrected chi connectivity index (χ4v) is 2.77. The molecule has 0 bridgehead atoms. The number of nitrogens with zero attached hydrogens (tertiary/aromatic N) is 1. The highest BCUT2D eigenvalue weighted by molar-refractivity contribution is 7.15. The van der Waals surface area contributed by atoms with Crippen LogP contribution in [0.2, 0.25) is 0 Å². The Kier molecular flexibility index (Phi) is 2.05. The average molecular weight is 182 g/mol. The number of fused-ring (bicyclic) bond motifs is 1. The molecule has 1 aromatic heterocycles. The lowest BCUT2D eigenvalue weighted by Crippen LogP contribution is -2.09. The van der Waals surface area contributed by atoms with Crippen LogP contribution in [0.5, 0.6) is 0 Å². The zero-order valence-electron chi connectivity index (χ0n) is 7.55. The number of thiazole rings is 1. The Morgan fingerprint density at radius 1 is 1.58 bits per heavy atom. The minimum atomic E-state index is 0.850. The van der Waals surface area contributed by atoms with E-state index in [4.69, 9.17) is 0 Å². The summed E-state index contributed by atoms with van der Waals surface area (Å²) in [6.07, 6.45) is 3.71. The fourth-order valence-electron chi connectivity index (χ4n) is 1.65. The highest BCUT2D eigenvalue weighted by Crippen LogP contribution is 2.31. The first-order chi connectivity index (χ1) is 5.79. The molecular formula is C9H14N2S. The van der Waals surface area contributed by atoms with Gasteiger partial charge in [0.05, 0.1) is 5.69 Å². The van der Waals surface area contributed by atoms with Crippen molar-refractivity contribution < 1.29 is 0 Å². The molecule has 1 unspecified atom stereocenters. The van der Waals surface area contributed by atoms with E-state index in [1.54, 1.807) is 0 Å². The zero-order valence-corrected chi connectivity index (χ0v) is 8.37. The molecule has 1 aliphatic carbocycles. The molecule has 1 atom stereocenters. The number of hydrogen-bond donors (Lipinski definition) is 1. The van der Waals surface area contributed by atoms with E-state index in [1.165, 1.54) is 29.8 Å². The first-order valence-electron chi connectivity index (χ1n) is 4.46. The molecule has 3 heteroatoms. The van der Waals surface area contributed by atoms with E-state index in [2.05, 4.69) is 17.2 Å². The van der Waals surface area contributed by atoms with Gasteiger partial charge in [0.1, 0.15) is 0 Å². The van der Waals surface area contributed by atoms with Gasteiger partial charge in [-0.2, -0.15) is 0 Å². The van der Waals surface area contributed by atoms with Crippen molar-refractivity contribution in [2.24, 2.45) is 5.92 Å². The molecule has 0 aromatic carbocycles. The Labute approximate surface area is 77.0 Å². The number of aryl methyl sites for hydroxylation is 1. The van der Waals surface area contributed by atoms with Crippen LogP contribution in [0, 0.1) is 5.92 Å². The van der Waals surface area contributed by atoms with Crippen molar-refractivity contribution in [3.05, 3.63) is 10.6 Å². The molecule has 0 radical (unpaired) electrons. The first-order valence-corrected chi connectivity index (χ1v) is 5.27. The third-order valence-corrected chi connectivity index (χ3v) is 3.54. The van der Waals surface area contributed by atoms with E-state index in [0.717, 1.165) is 11.0 Å². The summed E-state index contributed by atoms with van der Waals surface area (Å²) in [5, 5.41) is 4.18. The van der Waals surface area contributed by atoms with Gasteiger partial charge < -0.3 is 5.32 Å². The van der Waals surface area contributed by atoms with Crippen LogP contribution in [0.4, 0.5) is 5.13 Å². The van der Waals surface area contributed by atoms with Gasteiger partial charge in [-0.15, -0.1) is 11.3 Å². The lowest BCUT2D eigenvalue weighted by molar-refractivity contribution is 0.502. The van der Waals surface area contributed by atoms with Gasteiger partial charge in [0.15, 0.2) is 5.13 Å². The summed E-state index contributed by atoms with van der Waals surface area (Å²) in [7, 11) is 1.94. The van der Waals surface area contributed by atoms with E-state index in [9.17, 15) is 0 Å². The van der Waals surface area contributed by atoms with Crippen LogP contribution in [0.3, 0.4) is 0 Å². The van der Waals surface area contributed by atoms with Gasteiger partial charge in [0, 0.05) is 11.9 Å². The summed E-state index contributed by atoms with van der Waals surface area (Å²) in [5.74, 6) is 0.850. The van der Waals surface area contributed by atoms with Crippen LogP contribution in [0.15, 0.2) is 0 Å². The van der Waals surface area contributed by atoms with E-state index in [0.29, 0.717) is 0 Å². The summed E-state index contributed by atoms with van der Waals surface area (Å²) in [6.45, 7) is 2.32. The van der Waals surface area contributed by atoms with Crippen LogP contribution in [0.1, 0.15) is 23.9 Å². The third kappa shape index (κ3) is 1.33. The van der Waals surface area contributed by atoms with Crippen molar-refractivity contribution >= 4 is 16.5 Å². The van der Waals surface area contributed by atoms with Crippen molar-refractivity contribution in [3.8, 4) is 0 Å². The summed E-state index contributed by atoms with van der Waals surface area (Å²) >= 11 is 1.82. The molecule has 1 heterocycles. The average Bonchev–Trinajstić information content (AvgIpc) is 2.46. The van der Waals surface area contributed by atoms with Gasteiger partial charge in [-0.3, -0.25) is 0 Å². The maximum Gasteiger partial charge on any atom is 0.182 e. The van der Waals surface area contributed by atoms with Crippen molar-refractivity contribution in [2.45, 2.75) is 26.2 Å². The smallest absolute Gasteiger partial charge is 0.182 e. The second-order valence-electron chi connectivity index (χ2n) is 3.49. The lowest BCUT2D eigenvalue weighted by atomic mass is 9.93. The van der Waals surface area contributed by atoms with Gasteiger partial charge in [-0.25, -0.2) is 4.98 Å². The Bertz CT molecular complexity index is 280. The molecular weight excluding hydrogens is 168 g/mol. The molecule has 2 rings (SSSR count). The molecule has 12 heavy (non-hydrogen) atoms. The van der Waals surface area contributed by atoms with Gasteiger partial charge in [-0.1, -0.05) is 6.92 Å². The van der Waals surface area contributed by atoms with Crippen LogP contribution < -0.4 is 5.32 Å². The first kappa shape index (κ1) is 8.05. The monoisotopic (exact) mass is 182 g/mol. The SMILES string of the molecule is CNc1nc2c(s1)CC(C)CC2. The Balaban J connectivity index is 2.28. The molecule has 1 aromatic rings. The number of aromatic nitrogens is 1. The predicted molar refractivity (Wildman–Crippen MR) is 52.8 cm³/mol. The predicted octanol–water partition coefficient (Wildman–Crippen LogP) is 2.31. The number of anilines is 1. The highest BCUT2D eigenvalue weighted by Gasteiger charge is 2.18. The normalized spacial score (nSPS) is 22.0. The van der Waals surface area contributed by atoms with Crippen LogP contribution >= 0.6 is 11.3 Å². The number of rotatable bonds is 1. The van der Waals surface area contributed by atoms with Crippen molar-refractivity contribution in [3.63, 3.8) is 0 Å². The largest absolute Gasteiger partial charge is 0.365 e. The summed E-state index contributed by atoms with van der Waals surface area (Å²) in [6, 6.07) is 0. The standard InChI is InChI=1S/C9H14N2S/c1-6-3-4-7-8(5-6)12-9(10-2)11-7/h6H,3-5H2,1-2H3,(H,10,11). The topological polar surface area (TPSA) is 24.9 Å². The second-order valence-corrected chi connectivity index (χ2v) is 4.57. The van der Waals surface area contributed by atoms with E-state index < -0.39 is 0 Å². The van der Waals surface area contributed by atoms with E-state index in [1.807, 2.05) is 18.4 Å². The summed E-state index contributed by atoms with van der Waals surface area (Å²) in [5.41, 5.74) is 1.34. The van der Waals surface area contributed by atoms with Crippen molar-refractivity contribution in [1.29, 1.82) is 0 Å². The molecule has 1 N–H and O–H groups in total. The summed E-state index contributed by atoms with van der Waals surface area (Å²) < 4.78 is 0. The molecule has 1 aliphatic rings. The Morgan fingerprint density at radius 3 is 3.17 bits per heavy atom. The van der Waals surface area contributed by atoms with E-state index in [-0.39, 0.29) is 0 Å². The Morgan fingerprint density at radius 2 is 2.42 bits per heavy atom. The maximum absolute atomic E-state index is 4.51. The van der Waals surface area contributed by atoms with E-state index >= 15 is 0 Å². The van der Waals surface area contributed by atoms with Crippen LogP contribution in [0.25, 0.3) is 0 Å². The Hall–Kier alpha value is -0.570. The molecule has 0 aliphatic heterocycles. The highest BCUT2D eigenvalue weighted by atomic mass is 32.1. The van der Waals surface area contributed by atoms with Gasteiger partial charge >= 0.3 is 0 Å². The van der Waals surface area contributed by atoms with Crippen LogP contribution in [-0.4, -0.2) is 12.0 Å². The minimum absolute atomic E-state index is 0.850. The third-order valence-electron chi connectivity index (χ3n) is 2.40. The minimum Gasteiger partial charge on any atom is -0.365 e. The molecule has 0 spiro atoms. The molecule has 0 saturated carbocycles.